The van der Waals surface area contributed by atoms with E-state index in [1.165, 1.54) is 55.7 Å². The van der Waals surface area contributed by atoms with Gasteiger partial charge in [-0.3, -0.25) is 10.1 Å². The largest absolute Gasteiger partial charge is 0.494 e. The Morgan fingerprint density at radius 2 is 1.84 bits per heavy atom. The number of esters is 1. The van der Waals surface area contributed by atoms with Gasteiger partial charge in [0.1, 0.15) is 5.75 Å². The fourth-order valence-electron chi connectivity index (χ4n) is 7.00. The van der Waals surface area contributed by atoms with Crippen LogP contribution in [0.1, 0.15) is 61.7 Å². The highest BCUT2D eigenvalue weighted by Crippen LogP contribution is 2.40. The number of aryl methyl sites for hydroxylation is 1. The van der Waals surface area contributed by atoms with Crippen molar-refractivity contribution in [1.82, 2.24) is 15.3 Å². The number of hydrogen-bond acceptors (Lipinski definition) is 10. The van der Waals surface area contributed by atoms with Crippen LogP contribution < -0.4 is 20.3 Å². The molecule has 2 N–H and O–H groups in total. The normalized spacial score (nSPS) is 18.2. The van der Waals surface area contributed by atoms with Crippen LogP contribution >= 0.6 is 22.7 Å². The van der Waals surface area contributed by atoms with Gasteiger partial charge in [-0.05, 0) is 111 Å². The van der Waals surface area contributed by atoms with Crippen LogP contribution in [0.2, 0.25) is 0 Å². The molecule has 9 nitrogen and oxygen atoms in total. The summed E-state index contributed by atoms with van der Waals surface area (Å²) in [6.45, 7) is 4.09. The quantitative estimate of drug-likeness (QED) is 0.0908. The average Bonchev–Trinajstić information content (AvgIpc) is 3.74. The van der Waals surface area contributed by atoms with Crippen molar-refractivity contribution in [2.45, 2.75) is 38.6 Å². The number of nitrogens with one attached hydrogen (secondary N) is 2. The molecule has 3 aromatic carbocycles. The van der Waals surface area contributed by atoms with E-state index in [9.17, 15) is 9.59 Å². The van der Waals surface area contributed by atoms with Gasteiger partial charge in [0.2, 0.25) is 0 Å². The number of carbonyl (C=O) groups is 2. The van der Waals surface area contributed by atoms with E-state index in [1.54, 1.807) is 0 Å². The summed E-state index contributed by atoms with van der Waals surface area (Å²) in [5.41, 5.74) is 4.93. The van der Waals surface area contributed by atoms with Gasteiger partial charge in [-0.25, -0.2) is 14.8 Å². The molecule has 0 radical (unpaired) electrons. The zero-order chi connectivity index (χ0) is 34.7. The molecule has 1 saturated heterocycles. The summed E-state index contributed by atoms with van der Waals surface area (Å²) in [6.07, 6.45) is 4.57. The molecule has 1 saturated carbocycles. The number of benzene rings is 3. The molecule has 1 aliphatic carbocycles. The van der Waals surface area contributed by atoms with Crippen LogP contribution in [0.5, 0.6) is 5.75 Å². The summed E-state index contributed by atoms with van der Waals surface area (Å²) in [6, 6.07) is 21.7. The number of carbonyl (C=O) groups excluding carboxylic acids is 2. The Balaban J connectivity index is 0.879. The molecule has 260 valence electrons. The lowest BCUT2D eigenvalue weighted by Gasteiger charge is -2.42. The molecule has 2 aliphatic heterocycles. The van der Waals surface area contributed by atoms with Crippen LogP contribution in [-0.4, -0.2) is 55.2 Å². The van der Waals surface area contributed by atoms with Crippen molar-refractivity contribution in [3.63, 3.8) is 0 Å². The number of hydrogen-bond donors (Lipinski definition) is 2. The number of thiazole rings is 2. The molecule has 0 spiro atoms. The van der Waals surface area contributed by atoms with Crippen molar-refractivity contribution >= 4 is 55.0 Å². The van der Waals surface area contributed by atoms with Crippen molar-refractivity contribution in [3.05, 3.63) is 99.6 Å². The van der Waals surface area contributed by atoms with E-state index in [0.717, 1.165) is 67.5 Å². The summed E-state index contributed by atoms with van der Waals surface area (Å²) >= 11 is 2.96. The predicted octanol–water partition coefficient (Wildman–Crippen LogP) is 6.96. The monoisotopic (exact) mass is 717 g/mol. The van der Waals surface area contributed by atoms with Crippen LogP contribution in [0, 0.1) is 29.6 Å². The van der Waals surface area contributed by atoms with E-state index >= 15 is 0 Å². The highest BCUT2D eigenvalue weighted by atomic mass is 32.1. The minimum Gasteiger partial charge on any atom is -0.494 e. The Hall–Kier alpha value is -4.76. The number of rotatable bonds is 10. The highest BCUT2D eigenvalue weighted by molar-refractivity contribution is 7.22. The minimum absolute atomic E-state index is 0.186. The molecule has 5 aromatic rings. The van der Waals surface area contributed by atoms with Crippen molar-refractivity contribution in [2.75, 3.05) is 43.6 Å². The topological polar surface area (TPSA) is 106 Å². The van der Waals surface area contributed by atoms with Crippen LogP contribution in [0.15, 0.2) is 66.7 Å². The first-order valence-electron chi connectivity index (χ1n) is 17.6. The van der Waals surface area contributed by atoms with Gasteiger partial charge < -0.3 is 19.7 Å². The molecule has 2 fully saturated rings. The third-order valence-electron chi connectivity index (χ3n) is 10.1. The summed E-state index contributed by atoms with van der Waals surface area (Å²) in [7, 11) is 1.38. The SMILES string of the molecule is COC(=O)c1nc(N2CCc3cccc(C(=O)Nc4nc5ccccc5s4)c3C2)sc1CCCOc1ccc(C#CC2CC(C3CNC3)C2)cc1. The molecule has 4 heterocycles. The van der Waals surface area contributed by atoms with E-state index in [2.05, 4.69) is 38.4 Å². The van der Waals surface area contributed by atoms with E-state index in [0.29, 0.717) is 48.3 Å². The Labute approximate surface area is 305 Å². The van der Waals surface area contributed by atoms with Gasteiger partial charge in [-0.1, -0.05) is 47.4 Å². The fraction of sp³-hybridized carbons (Fsp3) is 0.350. The maximum Gasteiger partial charge on any atom is 0.357 e. The number of anilines is 2. The molecule has 11 heteroatoms. The summed E-state index contributed by atoms with van der Waals surface area (Å²) in [5.74, 6) is 9.21. The maximum atomic E-state index is 13.5. The number of amides is 1. The smallest absolute Gasteiger partial charge is 0.357 e. The molecule has 2 aromatic heterocycles. The lowest BCUT2D eigenvalue weighted by Crippen LogP contribution is -2.49. The zero-order valence-electron chi connectivity index (χ0n) is 28.4. The average molecular weight is 718 g/mol. The molecule has 3 aliphatic rings. The second kappa shape index (κ2) is 14.8. The molecular formula is C40H39N5O4S2. The van der Waals surface area contributed by atoms with E-state index in [-0.39, 0.29) is 5.91 Å². The third kappa shape index (κ3) is 7.35. The van der Waals surface area contributed by atoms with Crippen molar-refractivity contribution < 1.29 is 19.1 Å². The zero-order valence-corrected chi connectivity index (χ0v) is 30.1. The van der Waals surface area contributed by atoms with E-state index in [4.69, 9.17) is 14.5 Å². The van der Waals surface area contributed by atoms with Crippen LogP contribution in [-0.2, 0) is 24.1 Å². The molecule has 1 amide bonds. The number of nitrogens with zero attached hydrogens (tertiary/aromatic N) is 3. The number of para-hydroxylation sites is 1. The second-order valence-corrected chi connectivity index (χ2v) is 15.5. The van der Waals surface area contributed by atoms with E-state index in [1.807, 2.05) is 60.7 Å². The van der Waals surface area contributed by atoms with Crippen LogP contribution in [0.4, 0.5) is 10.3 Å². The summed E-state index contributed by atoms with van der Waals surface area (Å²) in [5, 5.41) is 7.70. The number of aromatic nitrogens is 2. The molecular weight excluding hydrogens is 679 g/mol. The fourth-order valence-corrected chi connectivity index (χ4v) is 8.97. The number of ether oxygens (including phenoxy) is 2. The Kier molecular flexibility index (Phi) is 9.72. The summed E-state index contributed by atoms with van der Waals surface area (Å²) in [4.78, 5) is 38.6. The van der Waals surface area contributed by atoms with Crippen molar-refractivity contribution in [1.29, 1.82) is 0 Å². The van der Waals surface area contributed by atoms with Gasteiger partial charge in [0.25, 0.3) is 5.91 Å². The standard InChI is InChI=1S/C40H39N5O4S2/c1-48-38(47)36-35(10-5-19-49-30-15-13-25(14-16-30)11-12-26-20-28(21-26)29-22-41-23-29)51-40(43-36)45-18-17-27-6-4-7-31(32(27)24-45)37(46)44-39-42-33-8-2-3-9-34(33)50-39/h2-4,6-9,13-16,26,28-29,41H,5,10,17-24H2,1H3,(H,42,44,46). The van der Waals surface area contributed by atoms with Crippen molar-refractivity contribution in [2.24, 2.45) is 17.8 Å². The molecule has 0 atom stereocenters. The summed E-state index contributed by atoms with van der Waals surface area (Å²) < 4.78 is 12.2. The lowest BCUT2D eigenvalue weighted by molar-refractivity contribution is 0.0593. The number of methoxy groups -OCH3 is 1. The molecule has 8 rings (SSSR count). The van der Waals surface area contributed by atoms with E-state index < -0.39 is 5.97 Å². The highest BCUT2D eigenvalue weighted by Gasteiger charge is 2.36. The van der Waals surface area contributed by atoms with Crippen molar-refractivity contribution in [3.8, 4) is 17.6 Å². The third-order valence-corrected chi connectivity index (χ3v) is 12.2. The lowest BCUT2D eigenvalue weighted by atomic mass is 9.67. The first kappa shape index (κ1) is 33.4. The number of fused-ring (bicyclic) bond motifs is 2. The van der Waals surface area contributed by atoms with Gasteiger partial charge in [-0.15, -0.1) is 11.3 Å². The molecule has 51 heavy (non-hydrogen) atoms. The Morgan fingerprint density at radius 1 is 1.00 bits per heavy atom. The van der Waals surface area contributed by atoms with Gasteiger partial charge in [-0.2, -0.15) is 0 Å². The minimum atomic E-state index is -0.448. The Bertz CT molecular complexity index is 2090. The van der Waals surface area contributed by atoms with Gasteiger partial charge in [0.05, 0.1) is 23.9 Å². The van der Waals surface area contributed by atoms with Gasteiger partial charge >= 0.3 is 5.97 Å². The maximum absolute atomic E-state index is 13.5. The predicted molar refractivity (Wildman–Crippen MR) is 202 cm³/mol. The first-order valence-corrected chi connectivity index (χ1v) is 19.2. The second-order valence-electron chi connectivity index (χ2n) is 13.4. The Morgan fingerprint density at radius 3 is 2.63 bits per heavy atom. The van der Waals surface area contributed by atoms with Crippen LogP contribution in [0.3, 0.4) is 0 Å². The van der Waals surface area contributed by atoms with Gasteiger partial charge in [0, 0.05) is 35.0 Å². The first-order chi connectivity index (χ1) is 25.0. The van der Waals surface area contributed by atoms with Gasteiger partial charge in [0.15, 0.2) is 16.0 Å². The molecule has 0 unspecified atom stereocenters. The van der Waals surface area contributed by atoms with Crippen LogP contribution in [0.25, 0.3) is 10.2 Å². The molecule has 0 bridgehead atoms.